The summed E-state index contributed by atoms with van der Waals surface area (Å²) in [6.07, 6.45) is 2.79. The van der Waals surface area contributed by atoms with Gasteiger partial charge in [-0.3, -0.25) is 9.51 Å². The lowest BCUT2D eigenvalue weighted by Gasteiger charge is -2.20. The van der Waals surface area contributed by atoms with Crippen LogP contribution in [-0.2, 0) is 0 Å². The molecule has 5 aromatic rings. The van der Waals surface area contributed by atoms with E-state index in [2.05, 4.69) is 24.7 Å². The summed E-state index contributed by atoms with van der Waals surface area (Å²) >= 11 is 0. The number of pyridine rings is 1. The zero-order chi connectivity index (χ0) is 23.1. The molecule has 5 rings (SSSR count). The lowest BCUT2D eigenvalue weighted by atomic mass is 10.0. The number of ether oxygens (including phenoxy) is 1. The van der Waals surface area contributed by atoms with Gasteiger partial charge in [0.15, 0.2) is 23.2 Å². The minimum Gasteiger partial charge on any atom is -0.482 e. The van der Waals surface area contributed by atoms with Gasteiger partial charge in [0, 0.05) is 35.0 Å². The second-order valence-corrected chi connectivity index (χ2v) is 7.26. The van der Waals surface area contributed by atoms with E-state index >= 15 is 0 Å². The number of halogens is 2. The van der Waals surface area contributed by atoms with Gasteiger partial charge in [-0.05, 0) is 43.3 Å². The van der Waals surface area contributed by atoms with Crippen molar-refractivity contribution in [1.29, 1.82) is 0 Å². The largest absolute Gasteiger partial charge is 0.482 e. The molecular formula is C22H16F2N6O3. The van der Waals surface area contributed by atoms with Crippen molar-refractivity contribution in [3.63, 3.8) is 0 Å². The van der Waals surface area contributed by atoms with Crippen molar-refractivity contribution in [2.24, 2.45) is 0 Å². The van der Waals surface area contributed by atoms with Gasteiger partial charge in [-0.25, -0.2) is 23.2 Å². The fraction of sp³-hybridized carbons (Fsp3) is 0.0909. The van der Waals surface area contributed by atoms with Crippen molar-refractivity contribution in [3.05, 3.63) is 82.6 Å². The number of nitrogens with zero attached hydrogens (tertiary/aromatic N) is 4. The Labute approximate surface area is 184 Å². The SMILES string of the molecule is CC(Oc1cc2cc(F)cc(F)c2nc1N)c1cc(-c2noc(=O)[nH]2)ccc1-n1cccn1. The summed E-state index contributed by atoms with van der Waals surface area (Å²) in [7, 11) is 0. The van der Waals surface area contributed by atoms with Crippen LogP contribution in [0.1, 0.15) is 18.6 Å². The van der Waals surface area contributed by atoms with Gasteiger partial charge in [0.25, 0.3) is 0 Å². The maximum Gasteiger partial charge on any atom is 0.439 e. The van der Waals surface area contributed by atoms with Crippen LogP contribution in [0.5, 0.6) is 5.75 Å². The summed E-state index contributed by atoms with van der Waals surface area (Å²) in [5.74, 6) is -1.86. The zero-order valence-corrected chi connectivity index (χ0v) is 17.1. The Balaban J connectivity index is 1.58. The van der Waals surface area contributed by atoms with Crippen LogP contribution in [-0.4, -0.2) is 24.9 Å². The number of rotatable bonds is 5. The molecule has 0 saturated carbocycles. The molecule has 0 amide bonds. The van der Waals surface area contributed by atoms with E-state index in [0.29, 0.717) is 16.8 Å². The number of hydrogen-bond donors (Lipinski definition) is 2. The molecule has 0 bridgehead atoms. The van der Waals surface area contributed by atoms with Crippen molar-refractivity contribution >= 4 is 16.7 Å². The fourth-order valence-electron chi connectivity index (χ4n) is 3.55. The molecule has 0 spiro atoms. The van der Waals surface area contributed by atoms with Gasteiger partial charge in [-0.1, -0.05) is 5.16 Å². The van der Waals surface area contributed by atoms with Gasteiger partial charge in [0.05, 0.1) is 5.69 Å². The lowest BCUT2D eigenvalue weighted by Crippen LogP contribution is -2.11. The Hall–Kier alpha value is -4.54. The molecular weight excluding hydrogens is 434 g/mol. The van der Waals surface area contributed by atoms with Crippen molar-refractivity contribution in [2.75, 3.05) is 5.73 Å². The molecule has 11 heteroatoms. The van der Waals surface area contributed by atoms with Crippen LogP contribution in [0.25, 0.3) is 28.0 Å². The van der Waals surface area contributed by atoms with E-state index in [4.69, 9.17) is 10.5 Å². The standard InChI is InChI=1S/C22H16F2N6O3/c1-11(32-18-9-13-7-14(23)10-16(24)19(13)27-20(18)25)15-8-12(21-28-22(31)33-29-21)3-4-17(15)30-6-2-5-26-30/h2-11H,1H3,(H2,25,27)(H,28,29,31). The van der Waals surface area contributed by atoms with Crippen LogP contribution in [0.2, 0.25) is 0 Å². The number of aromatic nitrogens is 5. The first-order valence-corrected chi connectivity index (χ1v) is 9.81. The first-order chi connectivity index (χ1) is 15.9. The lowest BCUT2D eigenvalue weighted by molar-refractivity contribution is 0.227. The molecule has 0 saturated heterocycles. The number of nitrogens with two attached hydrogens (primary N) is 1. The van der Waals surface area contributed by atoms with Crippen LogP contribution in [0.3, 0.4) is 0 Å². The number of fused-ring (bicyclic) bond motifs is 1. The number of anilines is 1. The molecule has 3 aromatic heterocycles. The Bertz CT molecular complexity index is 1530. The molecule has 3 heterocycles. The summed E-state index contributed by atoms with van der Waals surface area (Å²) in [6, 6.07) is 10.4. The minimum atomic E-state index is -0.813. The zero-order valence-electron chi connectivity index (χ0n) is 17.1. The van der Waals surface area contributed by atoms with Crippen molar-refractivity contribution in [3.8, 4) is 22.8 Å². The monoisotopic (exact) mass is 450 g/mol. The minimum absolute atomic E-state index is 0.0440. The molecule has 2 aromatic carbocycles. The van der Waals surface area contributed by atoms with Crippen molar-refractivity contribution in [1.82, 2.24) is 24.9 Å². The highest BCUT2D eigenvalue weighted by Crippen LogP contribution is 2.33. The molecule has 0 aliphatic carbocycles. The van der Waals surface area contributed by atoms with Gasteiger partial charge in [-0.2, -0.15) is 5.10 Å². The first kappa shape index (κ1) is 20.4. The second-order valence-electron chi connectivity index (χ2n) is 7.26. The predicted octanol–water partition coefficient (Wildman–Crippen LogP) is 3.76. The molecule has 166 valence electrons. The van der Waals surface area contributed by atoms with E-state index in [1.54, 1.807) is 48.3 Å². The van der Waals surface area contributed by atoms with E-state index in [-0.39, 0.29) is 28.3 Å². The first-order valence-electron chi connectivity index (χ1n) is 9.81. The summed E-state index contributed by atoms with van der Waals surface area (Å²) in [5, 5.41) is 8.20. The summed E-state index contributed by atoms with van der Waals surface area (Å²) in [6.45, 7) is 1.77. The van der Waals surface area contributed by atoms with E-state index in [0.717, 1.165) is 12.1 Å². The third-order valence-corrected chi connectivity index (χ3v) is 5.06. The van der Waals surface area contributed by atoms with Gasteiger partial charge in [0.2, 0.25) is 0 Å². The third kappa shape index (κ3) is 3.80. The van der Waals surface area contributed by atoms with Crippen molar-refractivity contribution < 1.29 is 18.0 Å². The van der Waals surface area contributed by atoms with Crippen molar-refractivity contribution in [2.45, 2.75) is 13.0 Å². The average molecular weight is 450 g/mol. The quantitative estimate of drug-likeness (QED) is 0.418. The van der Waals surface area contributed by atoms with E-state index in [1.165, 1.54) is 6.07 Å². The third-order valence-electron chi connectivity index (χ3n) is 5.06. The highest BCUT2D eigenvalue weighted by atomic mass is 19.1. The van der Waals surface area contributed by atoms with Crippen LogP contribution in [0.4, 0.5) is 14.6 Å². The molecule has 1 atom stereocenters. The van der Waals surface area contributed by atoms with Crippen LogP contribution < -0.4 is 16.2 Å². The Morgan fingerprint density at radius 3 is 2.79 bits per heavy atom. The van der Waals surface area contributed by atoms with E-state index < -0.39 is 23.5 Å². The molecule has 0 aliphatic rings. The van der Waals surface area contributed by atoms with Gasteiger partial charge in [-0.15, -0.1) is 0 Å². The van der Waals surface area contributed by atoms with E-state index in [1.807, 2.05) is 0 Å². The average Bonchev–Trinajstić information content (AvgIpc) is 3.46. The smallest absolute Gasteiger partial charge is 0.439 e. The number of aromatic amines is 1. The topological polar surface area (TPSA) is 125 Å². The summed E-state index contributed by atoms with van der Waals surface area (Å²) < 4.78 is 40.1. The molecule has 3 N–H and O–H groups in total. The molecule has 9 nitrogen and oxygen atoms in total. The fourth-order valence-corrected chi connectivity index (χ4v) is 3.55. The summed E-state index contributed by atoms with van der Waals surface area (Å²) in [4.78, 5) is 17.9. The van der Waals surface area contributed by atoms with Gasteiger partial charge in [0.1, 0.15) is 17.4 Å². The second kappa shape index (κ2) is 7.86. The van der Waals surface area contributed by atoms with Gasteiger partial charge >= 0.3 is 5.76 Å². The highest BCUT2D eigenvalue weighted by Gasteiger charge is 2.19. The molecule has 0 fully saturated rings. The maximum atomic E-state index is 14.1. The molecule has 1 unspecified atom stereocenters. The molecule has 33 heavy (non-hydrogen) atoms. The van der Waals surface area contributed by atoms with Crippen LogP contribution in [0.15, 0.2) is 64.2 Å². The molecule has 0 radical (unpaired) electrons. The normalized spacial score (nSPS) is 12.2. The number of nitrogen functional groups attached to an aromatic ring is 1. The predicted molar refractivity (Wildman–Crippen MR) is 115 cm³/mol. The number of H-pyrrole nitrogens is 1. The Morgan fingerprint density at radius 2 is 2.06 bits per heavy atom. The highest BCUT2D eigenvalue weighted by molar-refractivity contribution is 5.83. The van der Waals surface area contributed by atoms with Gasteiger partial charge < -0.3 is 10.5 Å². The van der Waals surface area contributed by atoms with Crippen LogP contribution in [0, 0.1) is 11.6 Å². The summed E-state index contributed by atoms with van der Waals surface area (Å²) in [5.41, 5.74) is 7.90. The number of hydrogen-bond acceptors (Lipinski definition) is 7. The number of benzene rings is 2. The Kier molecular flexibility index (Phi) is 4.85. The maximum absolute atomic E-state index is 14.1. The molecule has 0 aliphatic heterocycles. The van der Waals surface area contributed by atoms with E-state index in [9.17, 15) is 13.6 Å². The Morgan fingerprint density at radius 1 is 1.21 bits per heavy atom. The van der Waals surface area contributed by atoms with Crippen LogP contribution >= 0.6 is 0 Å². The number of nitrogens with one attached hydrogen (secondary N) is 1.